The van der Waals surface area contributed by atoms with Crippen LogP contribution in [-0.4, -0.2) is 46.0 Å². The minimum atomic E-state index is -1.17. The molecule has 0 radical (unpaired) electrons. The third kappa shape index (κ3) is 5.18. The summed E-state index contributed by atoms with van der Waals surface area (Å²) < 4.78 is 6.71. The average Bonchev–Trinajstić information content (AvgIpc) is 3.37. The van der Waals surface area contributed by atoms with E-state index in [1.54, 1.807) is 6.92 Å². The van der Waals surface area contributed by atoms with Gasteiger partial charge in [0, 0.05) is 25.4 Å². The summed E-state index contributed by atoms with van der Waals surface area (Å²) in [6, 6.07) is 16.3. The number of aromatic nitrogens is 2. The highest BCUT2D eigenvalue weighted by atomic mass is 16.5. The van der Waals surface area contributed by atoms with Gasteiger partial charge in [-0.2, -0.15) is 5.10 Å². The van der Waals surface area contributed by atoms with Crippen LogP contribution in [0.4, 0.5) is 10.5 Å². The number of carboxylic acid groups (broad SMARTS) is 1. The number of aromatic carboxylic acids is 1. The Hall–Kier alpha value is -4.14. The third-order valence-corrected chi connectivity index (χ3v) is 6.27. The highest BCUT2D eigenvalue weighted by Gasteiger charge is 2.29. The molecule has 0 saturated heterocycles. The number of amides is 2. The van der Waals surface area contributed by atoms with Crippen LogP contribution in [0.2, 0.25) is 0 Å². The topological polar surface area (TPSA) is 123 Å². The second-order valence-corrected chi connectivity index (χ2v) is 8.62. The van der Waals surface area contributed by atoms with Gasteiger partial charge in [-0.25, -0.2) is 9.59 Å². The molecule has 182 valence electrons. The third-order valence-electron chi connectivity index (χ3n) is 6.27. The van der Waals surface area contributed by atoms with Crippen LogP contribution in [0.5, 0.6) is 0 Å². The molecule has 1 aromatic heterocycles. The Morgan fingerprint density at radius 3 is 2.34 bits per heavy atom. The first-order valence-corrected chi connectivity index (χ1v) is 11.5. The zero-order chi connectivity index (χ0) is 24.9. The summed E-state index contributed by atoms with van der Waals surface area (Å²) in [7, 11) is 1.50. The lowest BCUT2D eigenvalue weighted by Crippen LogP contribution is -2.28. The molecule has 4 rings (SSSR count). The number of carbonyl (C=O) groups excluding carboxylic acids is 2. The van der Waals surface area contributed by atoms with Gasteiger partial charge in [-0.15, -0.1) is 0 Å². The van der Waals surface area contributed by atoms with E-state index in [4.69, 9.17) is 4.74 Å². The Bertz CT molecular complexity index is 1210. The van der Waals surface area contributed by atoms with Crippen LogP contribution in [0.1, 0.15) is 47.3 Å². The van der Waals surface area contributed by atoms with Crippen LogP contribution in [-0.2, 0) is 16.6 Å². The largest absolute Gasteiger partial charge is 0.476 e. The number of carbonyl (C=O) groups is 3. The Balaban J connectivity index is 1.21. The maximum absolute atomic E-state index is 12.4. The summed E-state index contributed by atoms with van der Waals surface area (Å²) in [5.74, 6) is -1.84. The van der Waals surface area contributed by atoms with Gasteiger partial charge >= 0.3 is 12.1 Å². The minimum absolute atomic E-state index is 0.0000351. The number of anilines is 1. The SMILES string of the molecule is CC(CCCNC(=O)OCC1c2ccccc2-c2ccccc21)C(=O)Nc1cnn(C)c1C(=O)O. The van der Waals surface area contributed by atoms with Gasteiger partial charge in [-0.3, -0.25) is 9.48 Å². The molecule has 9 heteroatoms. The first kappa shape index (κ1) is 24.0. The van der Waals surface area contributed by atoms with Crippen LogP contribution in [0, 0.1) is 5.92 Å². The van der Waals surface area contributed by atoms with E-state index < -0.39 is 12.1 Å². The monoisotopic (exact) mass is 476 g/mol. The van der Waals surface area contributed by atoms with Gasteiger partial charge in [0.1, 0.15) is 6.61 Å². The summed E-state index contributed by atoms with van der Waals surface area (Å²) in [6.45, 7) is 2.36. The summed E-state index contributed by atoms with van der Waals surface area (Å²) in [4.78, 5) is 36.0. The Kier molecular flexibility index (Phi) is 7.14. The molecule has 2 amide bonds. The quantitative estimate of drug-likeness (QED) is 0.401. The van der Waals surface area contributed by atoms with Gasteiger partial charge in [0.05, 0.1) is 11.9 Å². The van der Waals surface area contributed by atoms with Crippen molar-refractivity contribution in [2.75, 3.05) is 18.5 Å². The van der Waals surface area contributed by atoms with E-state index in [9.17, 15) is 19.5 Å². The molecule has 0 spiro atoms. The minimum Gasteiger partial charge on any atom is -0.476 e. The second kappa shape index (κ2) is 10.4. The van der Waals surface area contributed by atoms with Crippen LogP contribution >= 0.6 is 0 Å². The lowest BCUT2D eigenvalue weighted by Gasteiger charge is -2.15. The molecule has 1 aliphatic carbocycles. The maximum Gasteiger partial charge on any atom is 0.407 e. The molecule has 9 nitrogen and oxygen atoms in total. The number of rotatable bonds is 9. The number of hydrogen-bond donors (Lipinski definition) is 3. The number of fused-ring (bicyclic) bond motifs is 3. The lowest BCUT2D eigenvalue weighted by atomic mass is 9.98. The number of hydrogen-bond acceptors (Lipinski definition) is 5. The molecule has 2 aromatic carbocycles. The summed E-state index contributed by atoms with van der Waals surface area (Å²) >= 11 is 0. The Morgan fingerprint density at radius 2 is 1.71 bits per heavy atom. The van der Waals surface area contributed by atoms with Crippen molar-refractivity contribution in [2.24, 2.45) is 13.0 Å². The fourth-order valence-corrected chi connectivity index (χ4v) is 4.42. The van der Waals surface area contributed by atoms with Crippen LogP contribution < -0.4 is 10.6 Å². The van der Waals surface area contributed by atoms with Crippen LogP contribution in [0.25, 0.3) is 11.1 Å². The molecule has 35 heavy (non-hydrogen) atoms. The molecular weight excluding hydrogens is 448 g/mol. The van der Waals surface area contributed by atoms with E-state index in [1.807, 2.05) is 24.3 Å². The van der Waals surface area contributed by atoms with E-state index in [-0.39, 0.29) is 35.7 Å². The zero-order valence-corrected chi connectivity index (χ0v) is 19.7. The number of aryl methyl sites for hydroxylation is 1. The smallest absolute Gasteiger partial charge is 0.407 e. The van der Waals surface area contributed by atoms with Crippen molar-refractivity contribution >= 4 is 23.7 Å². The van der Waals surface area contributed by atoms with Gasteiger partial charge in [0.15, 0.2) is 5.69 Å². The lowest BCUT2D eigenvalue weighted by molar-refractivity contribution is -0.119. The second-order valence-electron chi connectivity index (χ2n) is 8.62. The highest BCUT2D eigenvalue weighted by Crippen LogP contribution is 2.44. The first-order valence-electron chi connectivity index (χ1n) is 11.5. The fraction of sp³-hybridized carbons (Fsp3) is 0.308. The van der Waals surface area contributed by atoms with Gasteiger partial charge in [0.25, 0.3) is 0 Å². The van der Waals surface area contributed by atoms with Crippen molar-refractivity contribution in [3.8, 4) is 11.1 Å². The molecule has 1 atom stereocenters. The van der Waals surface area contributed by atoms with E-state index in [2.05, 4.69) is 40.0 Å². The Morgan fingerprint density at radius 1 is 1.09 bits per heavy atom. The van der Waals surface area contributed by atoms with E-state index in [0.29, 0.717) is 19.4 Å². The van der Waals surface area contributed by atoms with Crippen molar-refractivity contribution in [1.82, 2.24) is 15.1 Å². The molecule has 3 N–H and O–H groups in total. The van der Waals surface area contributed by atoms with E-state index >= 15 is 0 Å². The Labute approximate surface area is 203 Å². The standard InChI is InChI=1S/C26H28N4O5/c1-16(24(31)29-22-14-28-30(2)23(22)25(32)33)8-7-13-27-26(34)35-15-21-19-11-5-3-9-17(19)18-10-4-6-12-20(18)21/h3-6,9-12,14,16,21H,7-8,13,15H2,1-2H3,(H,27,34)(H,29,31)(H,32,33). The molecule has 0 saturated carbocycles. The zero-order valence-electron chi connectivity index (χ0n) is 19.7. The predicted molar refractivity (Wildman–Crippen MR) is 130 cm³/mol. The molecular formula is C26H28N4O5. The highest BCUT2D eigenvalue weighted by molar-refractivity contribution is 5.99. The van der Waals surface area contributed by atoms with Crippen molar-refractivity contribution < 1.29 is 24.2 Å². The fourth-order valence-electron chi connectivity index (χ4n) is 4.42. The van der Waals surface area contributed by atoms with Crippen molar-refractivity contribution in [1.29, 1.82) is 0 Å². The van der Waals surface area contributed by atoms with Gasteiger partial charge in [-0.05, 0) is 35.1 Å². The van der Waals surface area contributed by atoms with Crippen molar-refractivity contribution in [2.45, 2.75) is 25.7 Å². The number of benzene rings is 2. The summed E-state index contributed by atoms with van der Waals surface area (Å²) in [6.07, 6.45) is 1.90. The van der Waals surface area contributed by atoms with E-state index in [0.717, 1.165) is 11.1 Å². The molecule has 3 aromatic rings. The first-order chi connectivity index (χ1) is 16.9. The van der Waals surface area contributed by atoms with Gasteiger partial charge < -0.3 is 20.5 Å². The average molecular weight is 477 g/mol. The number of alkyl carbamates (subject to hydrolysis) is 1. The number of nitrogens with one attached hydrogen (secondary N) is 2. The van der Waals surface area contributed by atoms with Gasteiger partial charge in [-0.1, -0.05) is 55.5 Å². The summed E-state index contributed by atoms with van der Waals surface area (Å²) in [5.41, 5.74) is 4.73. The molecule has 0 bridgehead atoms. The number of carboxylic acids is 1. The number of nitrogens with zero attached hydrogens (tertiary/aromatic N) is 2. The predicted octanol–water partition coefficient (Wildman–Crippen LogP) is 4.01. The van der Waals surface area contributed by atoms with Crippen LogP contribution in [0.15, 0.2) is 54.7 Å². The molecule has 1 unspecified atom stereocenters. The van der Waals surface area contributed by atoms with Crippen molar-refractivity contribution in [3.63, 3.8) is 0 Å². The maximum atomic E-state index is 12.4. The van der Waals surface area contributed by atoms with Crippen LogP contribution in [0.3, 0.4) is 0 Å². The van der Waals surface area contributed by atoms with E-state index in [1.165, 1.54) is 29.1 Å². The number of ether oxygens (including phenoxy) is 1. The summed E-state index contributed by atoms with van der Waals surface area (Å²) in [5, 5.41) is 18.5. The van der Waals surface area contributed by atoms with Gasteiger partial charge in [0.2, 0.25) is 5.91 Å². The molecule has 1 heterocycles. The molecule has 0 aliphatic heterocycles. The molecule has 1 aliphatic rings. The van der Waals surface area contributed by atoms with Crippen molar-refractivity contribution in [3.05, 3.63) is 71.5 Å². The molecule has 0 fully saturated rings. The normalized spacial score (nSPS) is 13.0.